The number of aromatic nitrogens is 2. The molecular weight excluding hydrogens is 276 g/mol. The van der Waals surface area contributed by atoms with E-state index in [0.717, 1.165) is 38.4 Å². The van der Waals surface area contributed by atoms with Crippen LogP contribution < -0.4 is 4.90 Å². The third-order valence-corrected chi connectivity index (χ3v) is 4.67. The molecule has 0 radical (unpaired) electrons. The Balaban J connectivity index is 1.80. The number of nitrogens with zero attached hydrogens (tertiary/aromatic N) is 4. The number of carbonyl (C=O) groups is 1. The van der Waals surface area contributed by atoms with Crippen LogP contribution in [0, 0.1) is 12.8 Å². The van der Waals surface area contributed by atoms with Crippen molar-refractivity contribution in [2.75, 3.05) is 31.1 Å². The summed E-state index contributed by atoms with van der Waals surface area (Å²) in [5.41, 5.74) is 0.558. The lowest BCUT2D eigenvalue weighted by atomic mass is 10.00. The molecule has 3 rings (SSSR count). The third kappa shape index (κ3) is 3.39. The molecule has 1 aromatic rings. The molecule has 2 saturated heterocycles. The van der Waals surface area contributed by atoms with E-state index in [1.165, 1.54) is 25.7 Å². The van der Waals surface area contributed by atoms with Gasteiger partial charge in [-0.25, -0.2) is 9.97 Å². The van der Waals surface area contributed by atoms with Crippen molar-refractivity contribution in [2.24, 2.45) is 5.92 Å². The van der Waals surface area contributed by atoms with Crippen molar-refractivity contribution in [2.45, 2.75) is 46.0 Å². The van der Waals surface area contributed by atoms with Gasteiger partial charge < -0.3 is 9.80 Å². The molecular formula is C17H26N4O. The predicted octanol–water partition coefficient (Wildman–Crippen LogP) is 2.65. The molecule has 0 spiro atoms. The van der Waals surface area contributed by atoms with Crippen molar-refractivity contribution in [3.05, 3.63) is 17.6 Å². The molecule has 0 aliphatic carbocycles. The van der Waals surface area contributed by atoms with Gasteiger partial charge in [-0.15, -0.1) is 0 Å². The minimum absolute atomic E-state index is 0.0651. The Morgan fingerprint density at radius 2 is 1.91 bits per heavy atom. The Labute approximate surface area is 132 Å². The van der Waals surface area contributed by atoms with E-state index >= 15 is 0 Å². The van der Waals surface area contributed by atoms with E-state index in [2.05, 4.69) is 21.8 Å². The summed E-state index contributed by atoms with van der Waals surface area (Å²) in [6.07, 6.45) is 6.01. The highest BCUT2D eigenvalue weighted by Gasteiger charge is 2.24. The standard InChI is InChI=1S/C17H26N4O/c1-13-7-6-10-21(12-13)17(22)15-11-16(19-14(2)18-15)20-8-4-3-5-9-20/h11,13H,3-10,12H2,1-2H3. The van der Waals surface area contributed by atoms with E-state index in [4.69, 9.17) is 0 Å². The van der Waals surface area contributed by atoms with Crippen molar-refractivity contribution in [1.82, 2.24) is 14.9 Å². The van der Waals surface area contributed by atoms with Gasteiger partial charge in [-0.05, 0) is 44.9 Å². The second kappa shape index (κ2) is 6.63. The summed E-state index contributed by atoms with van der Waals surface area (Å²) in [6, 6.07) is 1.89. The predicted molar refractivity (Wildman–Crippen MR) is 87.1 cm³/mol. The van der Waals surface area contributed by atoms with E-state index in [9.17, 15) is 4.79 Å². The maximum Gasteiger partial charge on any atom is 0.272 e. The molecule has 0 aromatic carbocycles. The molecule has 22 heavy (non-hydrogen) atoms. The number of piperidine rings is 2. The molecule has 5 nitrogen and oxygen atoms in total. The smallest absolute Gasteiger partial charge is 0.272 e. The molecule has 120 valence electrons. The van der Waals surface area contributed by atoms with Crippen molar-refractivity contribution in [3.8, 4) is 0 Å². The Kier molecular flexibility index (Phi) is 4.60. The molecule has 1 atom stereocenters. The topological polar surface area (TPSA) is 49.3 Å². The normalized spacial score (nSPS) is 22.7. The summed E-state index contributed by atoms with van der Waals surface area (Å²) < 4.78 is 0. The lowest BCUT2D eigenvalue weighted by Gasteiger charge is -2.31. The van der Waals surface area contributed by atoms with Crippen molar-refractivity contribution < 1.29 is 4.79 Å². The van der Waals surface area contributed by atoms with E-state index in [-0.39, 0.29) is 5.91 Å². The van der Waals surface area contributed by atoms with Crippen LogP contribution in [0.15, 0.2) is 6.07 Å². The number of aryl methyl sites for hydroxylation is 1. The molecule has 2 aliphatic rings. The van der Waals surface area contributed by atoms with Crippen LogP contribution in [0.25, 0.3) is 0 Å². The largest absolute Gasteiger partial charge is 0.356 e. The fourth-order valence-electron chi connectivity index (χ4n) is 3.48. The Bertz CT molecular complexity index is 539. The first-order valence-electron chi connectivity index (χ1n) is 8.53. The van der Waals surface area contributed by atoms with Crippen LogP contribution in [0.4, 0.5) is 5.82 Å². The van der Waals surface area contributed by atoms with Gasteiger partial charge >= 0.3 is 0 Å². The van der Waals surface area contributed by atoms with Crippen LogP contribution in [0.2, 0.25) is 0 Å². The van der Waals surface area contributed by atoms with Crippen LogP contribution in [0.3, 0.4) is 0 Å². The van der Waals surface area contributed by atoms with Gasteiger partial charge in [-0.2, -0.15) is 0 Å². The minimum Gasteiger partial charge on any atom is -0.356 e. The number of likely N-dealkylation sites (tertiary alicyclic amines) is 1. The fraction of sp³-hybridized carbons (Fsp3) is 0.706. The SMILES string of the molecule is Cc1nc(C(=O)N2CCCC(C)C2)cc(N2CCCCC2)n1. The Hall–Kier alpha value is -1.65. The van der Waals surface area contributed by atoms with E-state index < -0.39 is 0 Å². The number of hydrogen-bond acceptors (Lipinski definition) is 4. The summed E-state index contributed by atoms with van der Waals surface area (Å²) in [5, 5.41) is 0. The van der Waals surface area contributed by atoms with Crippen LogP contribution in [-0.2, 0) is 0 Å². The first-order valence-corrected chi connectivity index (χ1v) is 8.53. The summed E-state index contributed by atoms with van der Waals surface area (Å²) in [7, 11) is 0. The zero-order chi connectivity index (χ0) is 15.5. The lowest BCUT2D eigenvalue weighted by molar-refractivity contribution is 0.0676. The highest BCUT2D eigenvalue weighted by atomic mass is 16.2. The van der Waals surface area contributed by atoms with Gasteiger partial charge in [0.1, 0.15) is 17.3 Å². The number of carbonyl (C=O) groups excluding carboxylic acids is 1. The molecule has 1 aromatic heterocycles. The average Bonchev–Trinajstić information content (AvgIpc) is 2.54. The van der Waals surface area contributed by atoms with Crippen LogP contribution >= 0.6 is 0 Å². The summed E-state index contributed by atoms with van der Waals surface area (Å²) in [4.78, 5) is 25.9. The quantitative estimate of drug-likeness (QED) is 0.842. The van der Waals surface area contributed by atoms with Gasteiger partial charge in [-0.3, -0.25) is 4.79 Å². The highest BCUT2D eigenvalue weighted by Crippen LogP contribution is 2.21. The van der Waals surface area contributed by atoms with Gasteiger partial charge in [0.2, 0.25) is 0 Å². The zero-order valence-electron chi connectivity index (χ0n) is 13.7. The lowest BCUT2D eigenvalue weighted by Crippen LogP contribution is -2.39. The highest BCUT2D eigenvalue weighted by molar-refractivity contribution is 5.93. The maximum absolute atomic E-state index is 12.7. The average molecular weight is 302 g/mol. The molecule has 0 bridgehead atoms. The summed E-state index contributed by atoms with van der Waals surface area (Å²) in [5.74, 6) is 2.26. The minimum atomic E-state index is 0.0651. The Morgan fingerprint density at radius 1 is 1.14 bits per heavy atom. The monoisotopic (exact) mass is 302 g/mol. The summed E-state index contributed by atoms with van der Waals surface area (Å²) >= 11 is 0. The summed E-state index contributed by atoms with van der Waals surface area (Å²) in [6.45, 7) is 7.86. The number of hydrogen-bond donors (Lipinski definition) is 0. The third-order valence-electron chi connectivity index (χ3n) is 4.67. The van der Waals surface area contributed by atoms with Crippen LogP contribution in [0.5, 0.6) is 0 Å². The number of amides is 1. The van der Waals surface area contributed by atoms with Crippen LogP contribution in [0.1, 0.15) is 55.3 Å². The van der Waals surface area contributed by atoms with Crippen molar-refractivity contribution in [3.63, 3.8) is 0 Å². The maximum atomic E-state index is 12.7. The van der Waals surface area contributed by atoms with Gasteiger partial charge in [0.15, 0.2) is 0 Å². The van der Waals surface area contributed by atoms with Gasteiger partial charge in [-0.1, -0.05) is 6.92 Å². The molecule has 2 aliphatic heterocycles. The molecule has 1 unspecified atom stereocenters. The van der Waals surface area contributed by atoms with Gasteiger partial charge in [0.25, 0.3) is 5.91 Å². The molecule has 5 heteroatoms. The van der Waals surface area contributed by atoms with Crippen molar-refractivity contribution >= 4 is 11.7 Å². The van der Waals surface area contributed by atoms with Gasteiger partial charge in [0.05, 0.1) is 0 Å². The van der Waals surface area contributed by atoms with E-state index in [0.29, 0.717) is 17.4 Å². The number of anilines is 1. The van der Waals surface area contributed by atoms with Crippen molar-refractivity contribution in [1.29, 1.82) is 0 Å². The molecule has 1 amide bonds. The zero-order valence-corrected chi connectivity index (χ0v) is 13.7. The van der Waals surface area contributed by atoms with Gasteiger partial charge in [0, 0.05) is 32.2 Å². The first kappa shape index (κ1) is 15.3. The molecule has 0 saturated carbocycles. The second-order valence-corrected chi connectivity index (χ2v) is 6.70. The van der Waals surface area contributed by atoms with E-state index in [1.54, 1.807) is 0 Å². The first-order chi connectivity index (χ1) is 10.6. The van der Waals surface area contributed by atoms with Crippen LogP contribution in [-0.4, -0.2) is 47.0 Å². The number of rotatable bonds is 2. The second-order valence-electron chi connectivity index (χ2n) is 6.70. The fourth-order valence-corrected chi connectivity index (χ4v) is 3.48. The molecule has 3 heterocycles. The molecule has 0 N–H and O–H groups in total. The molecule has 2 fully saturated rings. The van der Waals surface area contributed by atoms with E-state index in [1.807, 2.05) is 17.9 Å². The Morgan fingerprint density at radius 3 is 2.64 bits per heavy atom.